The molecule has 0 bridgehead atoms. The van der Waals surface area contributed by atoms with E-state index in [1.54, 1.807) is 12.1 Å². The van der Waals surface area contributed by atoms with Gasteiger partial charge in [-0.25, -0.2) is 4.39 Å². The molecule has 2 aromatic rings. The van der Waals surface area contributed by atoms with Crippen LogP contribution in [0.4, 0.5) is 10.1 Å². The van der Waals surface area contributed by atoms with Crippen LogP contribution < -0.4 is 5.32 Å². The van der Waals surface area contributed by atoms with Crippen LogP contribution in [0.15, 0.2) is 36.4 Å². The Morgan fingerprint density at radius 3 is 2.74 bits per heavy atom. The summed E-state index contributed by atoms with van der Waals surface area (Å²) in [5.41, 5.74) is 0.0532. The number of esters is 1. The van der Waals surface area contributed by atoms with Crippen LogP contribution in [-0.2, 0) is 20.1 Å². The van der Waals surface area contributed by atoms with Crippen LogP contribution in [0, 0.1) is 5.82 Å². The van der Waals surface area contributed by atoms with Crippen LogP contribution in [0.5, 0.6) is 0 Å². The summed E-state index contributed by atoms with van der Waals surface area (Å²) in [6.07, 6.45) is 0. The van der Waals surface area contributed by atoms with Gasteiger partial charge in [0.05, 0.1) is 15.8 Å². The fourth-order valence-electron chi connectivity index (χ4n) is 1.60. The first-order chi connectivity index (χ1) is 11.0. The lowest BCUT2D eigenvalue weighted by Crippen LogP contribution is -2.22. The highest BCUT2D eigenvalue weighted by Gasteiger charge is 2.10. The summed E-state index contributed by atoms with van der Waals surface area (Å²) < 4.78 is 18.9. The van der Waals surface area contributed by atoms with Crippen molar-refractivity contribution in [1.82, 2.24) is 0 Å². The standard InChI is InChI=1S/C15H13ClFNO3S2/c16-13-6-5-10(23-13)8-22-9-15(20)21-7-14(19)18-12-4-2-1-3-11(12)17/h1-6H,7-9H2,(H,18,19). The number of hydrogen-bond acceptors (Lipinski definition) is 5. The average molecular weight is 374 g/mol. The van der Waals surface area contributed by atoms with Crippen molar-refractivity contribution >= 4 is 52.3 Å². The van der Waals surface area contributed by atoms with Gasteiger partial charge in [0.15, 0.2) is 6.61 Å². The van der Waals surface area contributed by atoms with E-state index in [0.717, 1.165) is 4.88 Å². The van der Waals surface area contributed by atoms with E-state index < -0.39 is 24.3 Å². The minimum absolute atomic E-state index is 0.0532. The van der Waals surface area contributed by atoms with Gasteiger partial charge in [-0.2, -0.15) is 0 Å². The summed E-state index contributed by atoms with van der Waals surface area (Å²) in [7, 11) is 0. The second kappa shape index (κ2) is 8.90. The number of thiophene rings is 1. The Morgan fingerprint density at radius 1 is 1.26 bits per heavy atom. The second-order valence-corrected chi connectivity index (χ2v) is 7.17. The number of halogens is 2. The van der Waals surface area contributed by atoms with E-state index in [0.29, 0.717) is 10.1 Å². The van der Waals surface area contributed by atoms with Gasteiger partial charge in [-0.1, -0.05) is 23.7 Å². The number of amides is 1. The highest BCUT2D eigenvalue weighted by molar-refractivity contribution is 7.99. The third kappa shape index (κ3) is 6.21. The molecule has 1 aromatic heterocycles. The first kappa shape index (κ1) is 17.8. The Balaban J connectivity index is 1.65. The topological polar surface area (TPSA) is 55.4 Å². The molecule has 0 aliphatic carbocycles. The van der Waals surface area contributed by atoms with Crippen LogP contribution in [0.25, 0.3) is 0 Å². The summed E-state index contributed by atoms with van der Waals surface area (Å²) in [6.45, 7) is -0.446. The SMILES string of the molecule is O=C(COC(=O)CSCc1ccc(Cl)s1)Nc1ccccc1F. The van der Waals surface area contributed by atoms with Crippen molar-refractivity contribution in [3.05, 3.63) is 51.4 Å². The van der Waals surface area contributed by atoms with Crippen LogP contribution in [0.1, 0.15) is 4.88 Å². The first-order valence-electron chi connectivity index (χ1n) is 6.56. The maximum atomic E-state index is 13.3. The molecule has 0 saturated heterocycles. The van der Waals surface area contributed by atoms with Gasteiger partial charge in [0.1, 0.15) is 5.82 Å². The fourth-order valence-corrected chi connectivity index (χ4v) is 3.62. The zero-order valence-corrected chi connectivity index (χ0v) is 14.3. The minimum Gasteiger partial charge on any atom is -0.455 e. The Hall–Kier alpha value is -1.57. The number of anilines is 1. The van der Waals surface area contributed by atoms with Crippen molar-refractivity contribution in [3.63, 3.8) is 0 Å². The van der Waals surface area contributed by atoms with E-state index in [1.807, 2.05) is 6.07 Å². The lowest BCUT2D eigenvalue weighted by Gasteiger charge is -2.07. The average Bonchev–Trinajstić information content (AvgIpc) is 2.93. The Kier molecular flexibility index (Phi) is 6.88. The number of carbonyl (C=O) groups excluding carboxylic acids is 2. The molecule has 0 aliphatic rings. The van der Waals surface area contributed by atoms with Crippen LogP contribution in [0.3, 0.4) is 0 Å². The number of para-hydroxylation sites is 1. The molecule has 4 nitrogen and oxygen atoms in total. The molecule has 1 N–H and O–H groups in total. The van der Waals surface area contributed by atoms with Crippen molar-refractivity contribution in [3.8, 4) is 0 Å². The molecule has 0 atom stereocenters. The molecule has 0 spiro atoms. The zero-order valence-electron chi connectivity index (χ0n) is 11.9. The molecule has 0 saturated carbocycles. The number of hydrogen-bond donors (Lipinski definition) is 1. The number of rotatable bonds is 7. The van der Waals surface area contributed by atoms with Gasteiger partial charge in [0, 0.05) is 10.6 Å². The fraction of sp³-hybridized carbons (Fsp3) is 0.200. The Morgan fingerprint density at radius 2 is 2.04 bits per heavy atom. The molecule has 23 heavy (non-hydrogen) atoms. The molecule has 8 heteroatoms. The molecule has 1 aromatic carbocycles. The van der Waals surface area contributed by atoms with E-state index in [2.05, 4.69) is 5.32 Å². The maximum Gasteiger partial charge on any atom is 0.316 e. The number of thioether (sulfide) groups is 1. The second-order valence-electron chi connectivity index (χ2n) is 4.39. The van der Waals surface area contributed by atoms with Gasteiger partial charge >= 0.3 is 5.97 Å². The molecule has 0 fully saturated rings. The molecule has 122 valence electrons. The van der Waals surface area contributed by atoms with Crippen molar-refractivity contribution in [2.45, 2.75) is 5.75 Å². The van der Waals surface area contributed by atoms with Crippen molar-refractivity contribution in [2.24, 2.45) is 0 Å². The molecule has 2 rings (SSSR count). The predicted molar refractivity (Wildman–Crippen MR) is 91.5 cm³/mol. The number of ether oxygens (including phenoxy) is 1. The number of carbonyl (C=O) groups is 2. The third-order valence-corrected chi connectivity index (χ3v) is 4.97. The lowest BCUT2D eigenvalue weighted by molar-refractivity contribution is -0.144. The third-order valence-electron chi connectivity index (χ3n) is 2.61. The van der Waals surface area contributed by atoms with Gasteiger partial charge in [-0.3, -0.25) is 9.59 Å². The first-order valence-corrected chi connectivity index (χ1v) is 8.91. The molecular formula is C15H13ClFNO3S2. The van der Waals surface area contributed by atoms with Crippen LogP contribution >= 0.6 is 34.7 Å². The van der Waals surface area contributed by atoms with Crippen molar-refractivity contribution in [2.75, 3.05) is 17.7 Å². The van der Waals surface area contributed by atoms with E-state index in [-0.39, 0.29) is 11.4 Å². The van der Waals surface area contributed by atoms with Gasteiger partial charge in [0.25, 0.3) is 5.91 Å². The van der Waals surface area contributed by atoms with E-state index in [4.69, 9.17) is 16.3 Å². The zero-order chi connectivity index (χ0) is 16.7. The smallest absolute Gasteiger partial charge is 0.316 e. The molecule has 0 unspecified atom stereocenters. The van der Waals surface area contributed by atoms with E-state index >= 15 is 0 Å². The quantitative estimate of drug-likeness (QED) is 0.746. The molecule has 1 heterocycles. The highest BCUT2D eigenvalue weighted by atomic mass is 35.5. The highest BCUT2D eigenvalue weighted by Crippen LogP contribution is 2.25. The number of nitrogens with one attached hydrogen (secondary N) is 1. The summed E-state index contributed by atoms with van der Waals surface area (Å²) in [5, 5.41) is 2.34. The summed E-state index contributed by atoms with van der Waals surface area (Å²) >= 11 is 8.64. The summed E-state index contributed by atoms with van der Waals surface area (Å²) in [6, 6.07) is 9.47. The minimum atomic E-state index is -0.585. The Labute approximate surface area is 146 Å². The van der Waals surface area contributed by atoms with Gasteiger partial charge in [-0.05, 0) is 24.3 Å². The largest absolute Gasteiger partial charge is 0.455 e. The predicted octanol–water partition coefficient (Wildman–Crippen LogP) is 3.96. The van der Waals surface area contributed by atoms with Gasteiger partial charge < -0.3 is 10.1 Å². The van der Waals surface area contributed by atoms with E-state index in [1.165, 1.54) is 41.3 Å². The molecule has 0 aliphatic heterocycles. The van der Waals surface area contributed by atoms with Crippen LogP contribution in [0.2, 0.25) is 4.34 Å². The molecule has 1 amide bonds. The van der Waals surface area contributed by atoms with Gasteiger partial charge in [0.2, 0.25) is 0 Å². The lowest BCUT2D eigenvalue weighted by atomic mass is 10.3. The normalized spacial score (nSPS) is 10.3. The van der Waals surface area contributed by atoms with E-state index in [9.17, 15) is 14.0 Å². The van der Waals surface area contributed by atoms with Crippen molar-refractivity contribution in [1.29, 1.82) is 0 Å². The number of benzene rings is 1. The Bertz CT molecular complexity index is 693. The monoisotopic (exact) mass is 373 g/mol. The van der Waals surface area contributed by atoms with Crippen LogP contribution in [-0.4, -0.2) is 24.2 Å². The molecular weight excluding hydrogens is 361 g/mol. The maximum absolute atomic E-state index is 13.3. The molecule has 0 radical (unpaired) electrons. The summed E-state index contributed by atoms with van der Waals surface area (Å²) in [5.74, 6) is -0.853. The van der Waals surface area contributed by atoms with Gasteiger partial charge in [-0.15, -0.1) is 23.1 Å². The summed E-state index contributed by atoms with van der Waals surface area (Å²) in [4.78, 5) is 24.2. The van der Waals surface area contributed by atoms with Crippen molar-refractivity contribution < 1.29 is 18.7 Å².